The molecule has 0 saturated heterocycles. The van der Waals surface area contributed by atoms with Crippen LogP contribution >= 0.6 is 0 Å². The van der Waals surface area contributed by atoms with Crippen molar-refractivity contribution in [3.63, 3.8) is 0 Å². The van der Waals surface area contributed by atoms with Gasteiger partial charge < -0.3 is 5.32 Å². The molecule has 1 aromatic carbocycles. The van der Waals surface area contributed by atoms with Gasteiger partial charge in [-0.05, 0) is 19.8 Å². The Hall–Kier alpha value is -2.51. The van der Waals surface area contributed by atoms with E-state index in [1.54, 1.807) is 0 Å². The molecular weight excluding hydrogens is 278 g/mol. The maximum absolute atomic E-state index is 12.2. The van der Waals surface area contributed by atoms with E-state index in [0.29, 0.717) is 12.8 Å². The first-order chi connectivity index (χ1) is 9.81. The highest BCUT2D eigenvalue weighted by atomic mass is 16.6. The summed E-state index contributed by atoms with van der Waals surface area (Å²) < 4.78 is 0. The van der Waals surface area contributed by atoms with Crippen LogP contribution in [0.4, 0.5) is 11.4 Å². The topological polar surface area (TPSA) is 115 Å². The summed E-state index contributed by atoms with van der Waals surface area (Å²) in [4.78, 5) is 32.5. The van der Waals surface area contributed by atoms with Crippen LogP contribution in [0.3, 0.4) is 0 Å². The summed E-state index contributed by atoms with van der Waals surface area (Å²) in [6.45, 7) is 5.21. The highest BCUT2D eigenvalue weighted by molar-refractivity contribution is 5.97. The van der Waals surface area contributed by atoms with Gasteiger partial charge in [-0.1, -0.05) is 13.8 Å². The summed E-state index contributed by atoms with van der Waals surface area (Å²) in [5.41, 5.74) is -0.822. The van der Waals surface area contributed by atoms with E-state index in [4.69, 9.17) is 0 Å². The highest BCUT2D eigenvalue weighted by Gasteiger charge is 2.25. The van der Waals surface area contributed by atoms with Crippen molar-refractivity contribution in [1.82, 2.24) is 5.32 Å². The van der Waals surface area contributed by atoms with Crippen molar-refractivity contribution < 1.29 is 14.6 Å². The molecule has 0 radical (unpaired) electrons. The third-order valence-electron chi connectivity index (χ3n) is 3.34. The fraction of sp³-hybridized carbons (Fsp3) is 0.462. The summed E-state index contributed by atoms with van der Waals surface area (Å²) in [6, 6.07) is 1.86. The van der Waals surface area contributed by atoms with Crippen LogP contribution in [0.25, 0.3) is 0 Å². The monoisotopic (exact) mass is 295 g/mol. The smallest absolute Gasteiger partial charge is 0.279 e. The van der Waals surface area contributed by atoms with E-state index < -0.39 is 27.1 Å². The van der Waals surface area contributed by atoms with Crippen molar-refractivity contribution in [3.8, 4) is 0 Å². The number of non-ortho nitro benzene ring substituents is 1. The number of nitrogens with one attached hydrogen (secondary N) is 1. The van der Waals surface area contributed by atoms with Crippen LogP contribution in [0, 0.1) is 27.2 Å². The van der Waals surface area contributed by atoms with Gasteiger partial charge in [-0.15, -0.1) is 0 Å². The highest BCUT2D eigenvalue weighted by Crippen LogP contribution is 2.28. The van der Waals surface area contributed by atoms with Gasteiger partial charge in [0.2, 0.25) is 0 Å². The average Bonchev–Trinajstić information content (AvgIpc) is 2.43. The minimum atomic E-state index is -0.750. The molecule has 1 N–H and O–H groups in total. The van der Waals surface area contributed by atoms with E-state index in [1.807, 2.05) is 13.8 Å². The van der Waals surface area contributed by atoms with Crippen LogP contribution in [0.15, 0.2) is 12.1 Å². The van der Waals surface area contributed by atoms with Crippen LogP contribution in [0.2, 0.25) is 0 Å². The van der Waals surface area contributed by atoms with Gasteiger partial charge in [0.25, 0.3) is 17.3 Å². The molecule has 0 aliphatic heterocycles. The van der Waals surface area contributed by atoms with Gasteiger partial charge in [0.1, 0.15) is 0 Å². The fourth-order valence-corrected chi connectivity index (χ4v) is 1.97. The third-order valence-corrected chi connectivity index (χ3v) is 3.34. The van der Waals surface area contributed by atoms with E-state index in [2.05, 4.69) is 5.32 Å². The van der Waals surface area contributed by atoms with Gasteiger partial charge in [0, 0.05) is 17.7 Å². The quantitative estimate of drug-likeness (QED) is 0.639. The van der Waals surface area contributed by atoms with Gasteiger partial charge in [0.05, 0.1) is 21.5 Å². The zero-order chi connectivity index (χ0) is 16.2. The summed E-state index contributed by atoms with van der Waals surface area (Å²) in [6.07, 6.45) is 1.41. The molecule has 21 heavy (non-hydrogen) atoms. The lowest BCUT2D eigenvalue weighted by atomic mass is 10.0. The van der Waals surface area contributed by atoms with Crippen LogP contribution in [-0.4, -0.2) is 21.8 Å². The zero-order valence-electron chi connectivity index (χ0n) is 12.1. The third kappa shape index (κ3) is 3.74. The molecule has 8 heteroatoms. The molecule has 0 heterocycles. The average molecular weight is 295 g/mol. The lowest BCUT2D eigenvalue weighted by Gasteiger charge is -2.15. The molecule has 1 aromatic rings. The van der Waals surface area contributed by atoms with E-state index >= 15 is 0 Å². The number of carbonyl (C=O) groups is 1. The van der Waals surface area contributed by atoms with Gasteiger partial charge in [-0.25, -0.2) is 0 Å². The molecule has 0 spiro atoms. The molecule has 8 nitrogen and oxygen atoms in total. The van der Waals surface area contributed by atoms with Crippen LogP contribution in [0.1, 0.15) is 42.6 Å². The summed E-state index contributed by atoms with van der Waals surface area (Å²) in [5, 5.41) is 24.5. The summed E-state index contributed by atoms with van der Waals surface area (Å²) in [5.74, 6) is -0.534. The standard InChI is InChI=1S/C13H17N3O5/c1-4-9(5-2)14-13(17)11-6-10(15(18)19)7-12(8(11)3)16(20)21/h6-7,9H,4-5H2,1-3H3,(H,14,17). The number of carbonyl (C=O) groups excluding carboxylic acids is 1. The first-order valence-electron chi connectivity index (χ1n) is 6.56. The number of hydrogen-bond acceptors (Lipinski definition) is 5. The van der Waals surface area contributed by atoms with E-state index in [0.717, 1.165) is 12.1 Å². The SMILES string of the molecule is CCC(CC)NC(=O)c1cc([N+](=O)[O-])cc([N+](=O)[O-])c1C. The normalized spacial score (nSPS) is 10.5. The Bertz CT molecular complexity index is 581. The number of nitrogens with zero attached hydrogens (tertiary/aromatic N) is 2. The lowest BCUT2D eigenvalue weighted by Crippen LogP contribution is -2.34. The number of benzene rings is 1. The van der Waals surface area contributed by atoms with Gasteiger partial charge in [0.15, 0.2) is 0 Å². The molecular formula is C13H17N3O5. The molecule has 0 saturated carbocycles. The molecule has 0 aromatic heterocycles. The molecule has 0 aliphatic carbocycles. The zero-order valence-corrected chi connectivity index (χ0v) is 12.1. The fourth-order valence-electron chi connectivity index (χ4n) is 1.97. The second-order valence-corrected chi connectivity index (χ2v) is 4.64. The Morgan fingerprint density at radius 3 is 2.19 bits per heavy atom. The summed E-state index contributed by atoms with van der Waals surface area (Å²) in [7, 11) is 0. The van der Waals surface area contributed by atoms with Crippen molar-refractivity contribution in [3.05, 3.63) is 43.5 Å². The molecule has 0 bridgehead atoms. The largest absolute Gasteiger partial charge is 0.349 e. The van der Waals surface area contributed by atoms with Crippen LogP contribution in [-0.2, 0) is 0 Å². The van der Waals surface area contributed by atoms with E-state index in [-0.39, 0.29) is 17.2 Å². The Morgan fingerprint density at radius 1 is 1.19 bits per heavy atom. The van der Waals surface area contributed by atoms with Gasteiger partial charge in [-0.2, -0.15) is 0 Å². The Balaban J connectivity index is 3.30. The van der Waals surface area contributed by atoms with Crippen molar-refractivity contribution >= 4 is 17.3 Å². The Kier molecular flexibility index (Phi) is 5.34. The lowest BCUT2D eigenvalue weighted by molar-refractivity contribution is -0.394. The summed E-state index contributed by atoms with van der Waals surface area (Å²) >= 11 is 0. The number of nitro benzene ring substituents is 2. The maximum atomic E-state index is 12.2. The first kappa shape index (κ1) is 16.5. The van der Waals surface area contributed by atoms with Gasteiger partial charge in [-0.3, -0.25) is 25.0 Å². The number of amides is 1. The Labute approximate surface area is 121 Å². The predicted molar refractivity (Wildman–Crippen MR) is 76.3 cm³/mol. The van der Waals surface area contributed by atoms with E-state index in [1.165, 1.54) is 6.92 Å². The molecule has 0 fully saturated rings. The minimum absolute atomic E-state index is 0.0391. The number of hydrogen-bond donors (Lipinski definition) is 1. The minimum Gasteiger partial charge on any atom is -0.349 e. The Morgan fingerprint density at radius 2 is 1.76 bits per heavy atom. The van der Waals surface area contributed by atoms with Crippen molar-refractivity contribution in [1.29, 1.82) is 0 Å². The second kappa shape index (κ2) is 6.78. The number of nitro groups is 2. The second-order valence-electron chi connectivity index (χ2n) is 4.64. The molecule has 0 atom stereocenters. The molecule has 0 aliphatic rings. The van der Waals surface area contributed by atoms with Gasteiger partial charge >= 0.3 is 0 Å². The van der Waals surface area contributed by atoms with Crippen molar-refractivity contribution in [2.45, 2.75) is 39.7 Å². The molecule has 1 rings (SSSR count). The van der Waals surface area contributed by atoms with Crippen LogP contribution < -0.4 is 5.32 Å². The number of rotatable bonds is 6. The predicted octanol–water partition coefficient (Wildman–Crippen LogP) is 2.73. The first-order valence-corrected chi connectivity index (χ1v) is 6.56. The molecule has 0 unspecified atom stereocenters. The molecule has 1 amide bonds. The van der Waals surface area contributed by atoms with Crippen molar-refractivity contribution in [2.24, 2.45) is 0 Å². The molecule has 114 valence electrons. The van der Waals surface area contributed by atoms with Crippen LogP contribution in [0.5, 0.6) is 0 Å². The van der Waals surface area contributed by atoms with Crippen molar-refractivity contribution in [2.75, 3.05) is 0 Å². The van der Waals surface area contributed by atoms with E-state index in [9.17, 15) is 25.0 Å². The maximum Gasteiger partial charge on any atom is 0.279 e.